The van der Waals surface area contributed by atoms with Crippen molar-refractivity contribution in [3.63, 3.8) is 0 Å². The van der Waals surface area contributed by atoms with E-state index in [2.05, 4.69) is 4.98 Å². The maximum atomic E-state index is 11.5. The molecule has 0 aliphatic carbocycles. The maximum Gasteiger partial charge on any atom is 0.414 e. The van der Waals surface area contributed by atoms with Crippen LogP contribution in [0.15, 0.2) is 30.5 Å². The van der Waals surface area contributed by atoms with E-state index >= 15 is 0 Å². The van der Waals surface area contributed by atoms with Crippen LogP contribution >= 0.6 is 11.6 Å². The van der Waals surface area contributed by atoms with Gasteiger partial charge in [-0.25, -0.2) is 4.79 Å². The molecule has 5 heteroatoms. The number of nitrogens with zero attached hydrogens (tertiary/aromatic N) is 2. The quantitative estimate of drug-likeness (QED) is 0.782. The fraction of sp³-hybridized carbons (Fsp3) is 0.167. The summed E-state index contributed by atoms with van der Waals surface area (Å²) in [5.41, 5.74) is 0.579. The van der Waals surface area contributed by atoms with Crippen LogP contribution in [0, 0.1) is 0 Å². The van der Waals surface area contributed by atoms with E-state index in [0.29, 0.717) is 16.3 Å². The first-order valence-corrected chi connectivity index (χ1v) is 5.40. The van der Waals surface area contributed by atoms with E-state index < -0.39 is 6.09 Å². The highest BCUT2D eigenvalue weighted by Crippen LogP contribution is 2.29. The van der Waals surface area contributed by atoms with Gasteiger partial charge in [-0.05, 0) is 24.3 Å². The van der Waals surface area contributed by atoms with Crippen molar-refractivity contribution in [3.05, 3.63) is 35.5 Å². The number of carbonyl (C=O) groups is 1. The van der Waals surface area contributed by atoms with Gasteiger partial charge in [0.25, 0.3) is 0 Å². The first-order chi connectivity index (χ1) is 8.09. The third kappa shape index (κ3) is 2.31. The van der Waals surface area contributed by atoms with Crippen LogP contribution in [0.3, 0.4) is 0 Å². The summed E-state index contributed by atoms with van der Waals surface area (Å²) in [5.74, 6) is 0.406. The third-order valence-corrected chi connectivity index (χ3v) is 2.57. The van der Waals surface area contributed by atoms with Gasteiger partial charge in [0.2, 0.25) is 0 Å². The van der Waals surface area contributed by atoms with Gasteiger partial charge in [-0.3, -0.25) is 4.98 Å². The Labute approximate surface area is 104 Å². The molecular formula is C12H11ClN2O2. The number of carbonyl (C=O) groups excluding carboxylic acids is 1. The average molecular weight is 251 g/mol. The van der Waals surface area contributed by atoms with Crippen LogP contribution in [-0.2, 0) is 0 Å². The molecular weight excluding hydrogens is 240 g/mol. The Hall–Kier alpha value is -1.81. The molecule has 0 saturated heterocycles. The molecule has 1 amide bonds. The molecule has 0 aliphatic rings. The highest BCUT2D eigenvalue weighted by molar-refractivity contribution is 6.35. The van der Waals surface area contributed by atoms with Crippen LogP contribution in [0.25, 0.3) is 10.9 Å². The molecule has 0 N–H and O–H groups in total. The molecule has 17 heavy (non-hydrogen) atoms. The number of ether oxygens (including phenoxy) is 1. The van der Waals surface area contributed by atoms with E-state index in [1.54, 1.807) is 38.5 Å². The minimum atomic E-state index is -0.445. The van der Waals surface area contributed by atoms with Crippen molar-refractivity contribution in [2.24, 2.45) is 0 Å². The smallest absolute Gasteiger partial charge is 0.408 e. The molecule has 2 aromatic rings. The minimum Gasteiger partial charge on any atom is -0.408 e. The number of hydrogen-bond donors (Lipinski definition) is 0. The largest absolute Gasteiger partial charge is 0.414 e. The van der Waals surface area contributed by atoms with Crippen molar-refractivity contribution in [2.45, 2.75) is 0 Å². The highest BCUT2D eigenvalue weighted by atomic mass is 35.5. The normalized spacial score (nSPS) is 10.3. The lowest BCUT2D eigenvalue weighted by Gasteiger charge is -2.12. The molecule has 1 aromatic heterocycles. The Bertz CT molecular complexity index is 569. The number of benzene rings is 1. The van der Waals surface area contributed by atoms with Gasteiger partial charge in [-0.15, -0.1) is 0 Å². The lowest BCUT2D eigenvalue weighted by molar-refractivity contribution is 0.172. The van der Waals surface area contributed by atoms with E-state index in [1.165, 1.54) is 4.90 Å². The Morgan fingerprint density at radius 3 is 2.82 bits per heavy atom. The average Bonchev–Trinajstić information content (AvgIpc) is 2.33. The van der Waals surface area contributed by atoms with Crippen molar-refractivity contribution < 1.29 is 9.53 Å². The molecule has 1 aromatic carbocycles. The second-order valence-electron chi connectivity index (χ2n) is 3.71. The van der Waals surface area contributed by atoms with E-state index in [0.717, 1.165) is 5.39 Å². The number of amides is 1. The number of halogens is 1. The summed E-state index contributed by atoms with van der Waals surface area (Å²) in [4.78, 5) is 17.0. The van der Waals surface area contributed by atoms with Gasteiger partial charge < -0.3 is 9.64 Å². The molecule has 4 nitrogen and oxygen atoms in total. The highest BCUT2D eigenvalue weighted by Gasteiger charge is 2.11. The van der Waals surface area contributed by atoms with Crippen LogP contribution in [0.5, 0.6) is 5.75 Å². The zero-order chi connectivity index (χ0) is 12.4. The molecule has 0 bridgehead atoms. The van der Waals surface area contributed by atoms with Gasteiger partial charge in [-0.1, -0.05) is 11.6 Å². The summed E-state index contributed by atoms with van der Waals surface area (Å²) < 4.78 is 5.21. The Balaban J connectivity index is 2.48. The monoisotopic (exact) mass is 250 g/mol. The zero-order valence-corrected chi connectivity index (χ0v) is 10.2. The predicted molar refractivity (Wildman–Crippen MR) is 66.5 cm³/mol. The van der Waals surface area contributed by atoms with Gasteiger partial charge in [0, 0.05) is 25.7 Å². The number of hydrogen-bond acceptors (Lipinski definition) is 3. The van der Waals surface area contributed by atoms with Gasteiger partial charge in [-0.2, -0.15) is 0 Å². The summed E-state index contributed by atoms with van der Waals surface area (Å²) in [6.45, 7) is 0. The van der Waals surface area contributed by atoms with Gasteiger partial charge in [0.05, 0.1) is 5.02 Å². The molecule has 0 aliphatic heterocycles. The molecule has 0 spiro atoms. The fourth-order valence-corrected chi connectivity index (χ4v) is 1.60. The van der Waals surface area contributed by atoms with Crippen molar-refractivity contribution in [2.75, 3.05) is 14.1 Å². The first-order valence-electron chi connectivity index (χ1n) is 5.02. The molecule has 0 fully saturated rings. The van der Waals surface area contributed by atoms with E-state index in [-0.39, 0.29) is 0 Å². The lowest BCUT2D eigenvalue weighted by atomic mass is 10.2. The summed E-state index contributed by atoms with van der Waals surface area (Å²) in [5, 5.41) is 1.34. The summed E-state index contributed by atoms with van der Waals surface area (Å²) >= 11 is 6.04. The van der Waals surface area contributed by atoms with Gasteiger partial charge in [0.15, 0.2) is 5.75 Å². The van der Waals surface area contributed by atoms with E-state index in [4.69, 9.17) is 16.3 Å². The van der Waals surface area contributed by atoms with Gasteiger partial charge >= 0.3 is 6.09 Å². The maximum absolute atomic E-state index is 11.5. The third-order valence-electron chi connectivity index (χ3n) is 2.24. The van der Waals surface area contributed by atoms with Crippen LogP contribution in [-0.4, -0.2) is 30.1 Å². The molecule has 0 saturated carbocycles. The van der Waals surface area contributed by atoms with Crippen molar-refractivity contribution in [1.29, 1.82) is 0 Å². The molecule has 1 heterocycles. The number of pyridine rings is 1. The van der Waals surface area contributed by atoms with E-state index in [9.17, 15) is 4.79 Å². The van der Waals surface area contributed by atoms with Crippen molar-refractivity contribution >= 4 is 28.6 Å². The summed E-state index contributed by atoms with van der Waals surface area (Å²) in [6, 6.07) is 6.94. The van der Waals surface area contributed by atoms with Crippen molar-refractivity contribution in [3.8, 4) is 5.75 Å². The van der Waals surface area contributed by atoms with Gasteiger partial charge in [0.1, 0.15) is 5.52 Å². The Morgan fingerprint density at radius 2 is 2.12 bits per heavy atom. The number of fused-ring (bicyclic) bond motifs is 1. The summed E-state index contributed by atoms with van der Waals surface area (Å²) in [7, 11) is 3.24. The van der Waals surface area contributed by atoms with E-state index in [1.807, 2.05) is 6.07 Å². The standard InChI is InChI=1S/C12H11ClN2O2/c1-15(2)12(16)17-10-6-5-9(13)8-4-3-7-14-11(8)10/h3-7H,1-2H3. The minimum absolute atomic E-state index is 0.406. The van der Waals surface area contributed by atoms with Crippen LogP contribution in [0.2, 0.25) is 5.02 Å². The number of rotatable bonds is 1. The molecule has 0 atom stereocenters. The van der Waals surface area contributed by atoms with Crippen molar-refractivity contribution in [1.82, 2.24) is 9.88 Å². The summed E-state index contributed by atoms with van der Waals surface area (Å²) in [6.07, 6.45) is 1.19. The van der Waals surface area contributed by atoms with Crippen LogP contribution < -0.4 is 4.74 Å². The molecule has 0 radical (unpaired) electrons. The topological polar surface area (TPSA) is 42.4 Å². The lowest BCUT2D eigenvalue weighted by Crippen LogP contribution is -2.25. The molecule has 2 rings (SSSR count). The van der Waals surface area contributed by atoms with Crippen LogP contribution in [0.4, 0.5) is 4.79 Å². The zero-order valence-electron chi connectivity index (χ0n) is 9.48. The second kappa shape index (κ2) is 4.59. The fourth-order valence-electron chi connectivity index (χ4n) is 1.38. The Morgan fingerprint density at radius 1 is 1.35 bits per heavy atom. The Kier molecular flexibility index (Phi) is 3.15. The predicted octanol–water partition coefficient (Wildman–Crippen LogP) is 2.95. The molecule has 88 valence electrons. The second-order valence-corrected chi connectivity index (χ2v) is 4.11. The SMILES string of the molecule is CN(C)C(=O)Oc1ccc(Cl)c2cccnc12. The molecule has 0 unspecified atom stereocenters. The number of aromatic nitrogens is 1. The van der Waals surface area contributed by atoms with Crippen LogP contribution in [0.1, 0.15) is 0 Å². The first kappa shape index (κ1) is 11.7.